The third-order valence-electron chi connectivity index (χ3n) is 3.73. The highest BCUT2D eigenvalue weighted by Crippen LogP contribution is 2.23. The predicted octanol–water partition coefficient (Wildman–Crippen LogP) is 4.29. The van der Waals surface area contributed by atoms with Crippen LogP contribution in [0.25, 0.3) is 0 Å². The third-order valence-corrected chi connectivity index (χ3v) is 3.73. The molecule has 0 radical (unpaired) electrons. The van der Waals surface area contributed by atoms with Crippen LogP contribution in [-0.2, 0) is 9.59 Å². The first-order valence-electron chi connectivity index (χ1n) is 9.24. The van der Waals surface area contributed by atoms with E-state index in [9.17, 15) is 9.59 Å². The lowest BCUT2D eigenvalue weighted by Gasteiger charge is -2.12. The van der Waals surface area contributed by atoms with Gasteiger partial charge in [-0.05, 0) is 42.3 Å². The Morgan fingerprint density at radius 1 is 1.00 bits per heavy atom. The van der Waals surface area contributed by atoms with Gasteiger partial charge in [0.2, 0.25) is 11.8 Å². The molecule has 0 aliphatic carbocycles. The molecule has 0 fully saturated rings. The summed E-state index contributed by atoms with van der Waals surface area (Å²) in [4.78, 5) is 24.0. The molecule has 0 aliphatic heterocycles. The van der Waals surface area contributed by atoms with E-state index in [1.807, 2.05) is 38.1 Å². The molecule has 0 saturated carbocycles. The van der Waals surface area contributed by atoms with Gasteiger partial charge in [-0.3, -0.25) is 9.59 Å². The van der Waals surface area contributed by atoms with Crippen LogP contribution in [0.1, 0.15) is 20.3 Å². The van der Waals surface area contributed by atoms with E-state index in [0.717, 1.165) is 5.69 Å². The van der Waals surface area contributed by atoms with Crippen LogP contribution >= 0.6 is 0 Å². The summed E-state index contributed by atoms with van der Waals surface area (Å²) in [7, 11) is 0. The number of ether oxygens (including phenoxy) is 1. The fourth-order valence-electron chi connectivity index (χ4n) is 2.49. The zero-order valence-corrected chi connectivity index (χ0v) is 16.3. The SMILES string of the molecule is C=CCOc1ccccc1NCC(=O)Nc1ccc(NC(=O)CC(C)C)cc1. The fourth-order valence-corrected chi connectivity index (χ4v) is 2.49. The molecule has 2 amide bonds. The molecule has 2 aromatic rings. The molecule has 28 heavy (non-hydrogen) atoms. The lowest BCUT2D eigenvalue weighted by Crippen LogP contribution is -2.22. The van der Waals surface area contributed by atoms with Crippen molar-refractivity contribution in [2.75, 3.05) is 29.1 Å². The van der Waals surface area contributed by atoms with E-state index in [0.29, 0.717) is 36.1 Å². The molecule has 6 heteroatoms. The number of benzene rings is 2. The van der Waals surface area contributed by atoms with Gasteiger partial charge in [0, 0.05) is 17.8 Å². The Bertz CT molecular complexity index is 801. The number of hydrogen-bond donors (Lipinski definition) is 3. The van der Waals surface area contributed by atoms with Crippen LogP contribution in [-0.4, -0.2) is 25.0 Å². The molecular formula is C22H27N3O3. The average Bonchev–Trinajstić information content (AvgIpc) is 2.66. The van der Waals surface area contributed by atoms with Crippen molar-refractivity contribution in [3.8, 4) is 5.75 Å². The van der Waals surface area contributed by atoms with Crippen molar-refractivity contribution in [1.82, 2.24) is 0 Å². The van der Waals surface area contributed by atoms with Gasteiger partial charge in [0.1, 0.15) is 12.4 Å². The van der Waals surface area contributed by atoms with Gasteiger partial charge in [0.25, 0.3) is 0 Å². The molecule has 0 unspecified atom stereocenters. The van der Waals surface area contributed by atoms with Crippen LogP contribution in [0.2, 0.25) is 0 Å². The number of amides is 2. The summed E-state index contributed by atoms with van der Waals surface area (Å²) in [6.45, 7) is 8.11. The van der Waals surface area contributed by atoms with Gasteiger partial charge in [0.15, 0.2) is 0 Å². The molecular weight excluding hydrogens is 354 g/mol. The van der Waals surface area contributed by atoms with E-state index in [4.69, 9.17) is 4.74 Å². The van der Waals surface area contributed by atoms with Crippen molar-refractivity contribution in [3.63, 3.8) is 0 Å². The molecule has 0 bridgehead atoms. The Morgan fingerprint density at radius 2 is 1.61 bits per heavy atom. The van der Waals surface area contributed by atoms with Crippen LogP contribution in [0.3, 0.4) is 0 Å². The van der Waals surface area contributed by atoms with Crippen molar-refractivity contribution < 1.29 is 14.3 Å². The molecule has 0 spiro atoms. The lowest BCUT2D eigenvalue weighted by atomic mass is 10.1. The summed E-state index contributed by atoms with van der Waals surface area (Å²) in [5.74, 6) is 0.762. The van der Waals surface area contributed by atoms with Gasteiger partial charge >= 0.3 is 0 Å². The van der Waals surface area contributed by atoms with Crippen LogP contribution in [0, 0.1) is 5.92 Å². The first-order valence-corrected chi connectivity index (χ1v) is 9.24. The Morgan fingerprint density at radius 3 is 2.21 bits per heavy atom. The second-order valence-electron chi connectivity index (χ2n) is 6.72. The van der Waals surface area contributed by atoms with E-state index in [1.165, 1.54) is 0 Å². The maximum absolute atomic E-state index is 12.2. The van der Waals surface area contributed by atoms with Crippen LogP contribution in [0.15, 0.2) is 61.2 Å². The Balaban J connectivity index is 1.85. The van der Waals surface area contributed by atoms with Gasteiger partial charge in [0.05, 0.1) is 12.2 Å². The number of carbonyl (C=O) groups is 2. The predicted molar refractivity (Wildman–Crippen MR) is 114 cm³/mol. The minimum Gasteiger partial charge on any atom is -0.487 e. The van der Waals surface area contributed by atoms with Crippen molar-refractivity contribution in [2.24, 2.45) is 5.92 Å². The summed E-state index contributed by atoms with van der Waals surface area (Å²) < 4.78 is 5.56. The number of rotatable bonds is 10. The van der Waals surface area contributed by atoms with E-state index in [-0.39, 0.29) is 18.4 Å². The quantitative estimate of drug-likeness (QED) is 0.537. The standard InChI is InChI=1S/C22H27N3O3/c1-4-13-28-20-8-6-5-7-19(20)23-15-22(27)25-18-11-9-17(10-12-18)24-21(26)14-16(2)3/h4-12,16,23H,1,13-15H2,2-3H3,(H,24,26)(H,25,27). The topological polar surface area (TPSA) is 79.5 Å². The minimum atomic E-state index is -0.185. The smallest absolute Gasteiger partial charge is 0.243 e. The molecule has 3 N–H and O–H groups in total. The van der Waals surface area contributed by atoms with E-state index >= 15 is 0 Å². The lowest BCUT2D eigenvalue weighted by molar-refractivity contribution is -0.117. The first-order chi connectivity index (χ1) is 13.5. The molecule has 2 rings (SSSR count). The number of nitrogens with one attached hydrogen (secondary N) is 3. The van der Waals surface area contributed by atoms with Crippen molar-refractivity contribution >= 4 is 28.9 Å². The van der Waals surface area contributed by atoms with E-state index in [1.54, 1.807) is 30.3 Å². The molecule has 0 heterocycles. The van der Waals surface area contributed by atoms with Crippen molar-refractivity contribution in [1.29, 1.82) is 0 Å². The molecule has 148 valence electrons. The Hall–Kier alpha value is -3.28. The number of para-hydroxylation sites is 2. The van der Waals surface area contributed by atoms with Gasteiger partial charge in [-0.25, -0.2) is 0 Å². The van der Waals surface area contributed by atoms with Gasteiger partial charge in [-0.1, -0.05) is 38.6 Å². The second-order valence-corrected chi connectivity index (χ2v) is 6.72. The Labute approximate surface area is 166 Å². The second kappa shape index (κ2) is 10.8. The summed E-state index contributed by atoms with van der Waals surface area (Å²) in [5, 5.41) is 8.72. The molecule has 0 aromatic heterocycles. The normalized spacial score (nSPS) is 10.2. The fraction of sp³-hybridized carbons (Fsp3) is 0.273. The van der Waals surface area contributed by atoms with Gasteiger partial charge in [-0.2, -0.15) is 0 Å². The molecule has 0 atom stereocenters. The Kier molecular flexibility index (Phi) is 8.09. The van der Waals surface area contributed by atoms with E-state index < -0.39 is 0 Å². The maximum Gasteiger partial charge on any atom is 0.243 e. The first kappa shape index (κ1) is 21.0. The summed E-state index contributed by atoms with van der Waals surface area (Å²) in [5.41, 5.74) is 2.10. The van der Waals surface area contributed by atoms with Gasteiger partial charge < -0.3 is 20.7 Å². The number of hydrogen-bond acceptors (Lipinski definition) is 4. The summed E-state index contributed by atoms with van der Waals surface area (Å²) >= 11 is 0. The van der Waals surface area contributed by atoms with Crippen molar-refractivity contribution in [2.45, 2.75) is 20.3 Å². The van der Waals surface area contributed by atoms with Crippen LogP contribution in [0.4, 0.5) is 17.1 Å². The highest BCUT2D eigenvalue weighted by molar-refractivity contribution is 5.95. The number of anilines is 3. The molecule has 2 aromatic carbocycles. The highest BCUT2D eigenvalue weighted by Gasteiger charge is 2.07. The summed E-state index contributed by atoms with van der Waals surface area (Å²) in [6.07, 6.45) is 2.14. The maximum atomic E-state index is 12.2. The zero-order chi connectivity index (χ0) is 20.4. The largest absolute Gasteiger partial charge is 0.487 e. The number of carbonyl (C=O) groups excluding carboxylic acids is 2. The van der Waals surface area contributed by atoms with Crippen LogP contribution < -0.4 is 20.7 Å². The monoisotopic (exact) mass is 381 g/mol. The molecule has 0 aliphatic rings. The highest BCUT2D eigenvalue weighted by atomic mass is 16.5. The third kappa shape index (κ3) is 7.15. The average molecular weight is 381 g/mol. The van der Waals surface area contributed by atoms with E-state index in [2.05, 4.69) is 22.5 Å². The summed E-state index contributed by atoms with van der Waals surface area (Å²) in [6, 6.07) is 14.4. The van der Waals surface area contributed by atoms with Crippen molar-refractivity contribution in [3.05, 3.63) is 61.2 Å². The van der Waals surface area contributed by atoms with Crippen LogP contribution in [0.5, 0.6) is 5.75 Å². The molecule has 6 nitrogen and oxygen atoms in total. The van der Waals surface area contributed by atoms with Gasteiger partial charge in [-0.15, -0.1) is 0 Å². The zero-order valence-electron chi connectivity index (χ0n) is 16.3. The molecule has 0 saturated heterocycles. The minimum absolute atomic E-state index is 0.0201.